The Labute approximate surface area is 126 Å². The molecule has 0 saturated carbocycles. The van der Waals surface area contributed by atoms with Gasteiger partial charge in [0.2, 0.25) is 0 Å². The number of nitrogens with two attached hydrogens (primary N) is 1. The number of hydrogen-bond donors (Lipinski definition) is 2. The topological polar surface area (TPSA) is 47.3 Å². The van der Waals surface area contributed by atoms with Crippen LogP contribution >= 0.6 is 11.6 Å². The van der Waals surface area contributed by atoms with Crippen molar-refractivity contribution in [3.05, 3.63) is 47.0 Å². The molecule has 0 aliphatic heterocycles. The van der Waals surface area contributed by atoms with Gasteiger partial charge < -0.3 is 15.8 Å². The highest BCUT2D eigenvalue weighted by Crippen LogP contribution is 2.32. The average Bonchev–Trinajstić information content (AvgIpc) is 2.37. The minimum absolute atomic E-state index is 0.00154. The summed E-state index contributed by atoms with van der Waals surface area (Å²) in [6.45, 7) is 3.74. The van der Waals surface area contributed by atoms with Crippen molar-refractivity contribution < 1.29 is 13.5 Å². The molecule has 2 aromatic rings. The molecule has 0 bridgehead atoms. The maximum absolute atomic E-state index is 13.7. The largest absolute Gasteiger partial charge is 0.489 e. The SMILES string of the molecule is CC(C)Oc1cc(Nc2c(F)cc(F)cc2Cl)ccc1N. The van der Waals surface area contributed by atoms with Gasteiger partial charge >= 0.3 is 0 Å². The summed E-state index contributed by atoms with van der Waals surface area (Å²) in [5.74, 6) is -1.03. The summed E-state index contributed by atoms with van der Waals surface area (Å²) in [7, 11) is 0. The molecule has 0 aliphatic rings. The van der Waals surface area contributed by atoms with Crippen LogP contribution < -0.4 is 15.8 Å². The van der Waals surface area contributed by atoms with Crippen LogP contribution in [0.25, 0.3) is 0 Å². The molecule has 112 valence electrons. The quantitative estimate of drug-likeness (QED) is 0.802. The zero-order valence-electron chi connectivity index (χ0n) is 11.6. The zero-order chi connectivity index (χ0) is 15.6. The fraction of sp³-hybridized carbons (Fsp3) is 0.200. The van der Waals surface area contributed by atoms with Crippen molar-refractivity contribution in [1.29, 1.82) is 0 Å². The minimum Gasteiger partial charge on any atom is -0.489 e. The highest BCUT2D eigenvalue weighted by atomic mass is 35.5. The number of anilines is 3. The van der Waals surface area contributed by atoms with E-state index in [1.807, 2.05) is 13.8 Å². The summed E-state index contributed by atoms with van der Waals surface area (Å²) in [5, 5.41) is 2.75. The Morgan fingerprint density at radius 1 is 1.19 bits per heavy atom. The summed E-state index contributed by atoms with van der Waals surface area (Å²) in [6.07, 6.45) is -0.0475. The molecule has 0 fully saturated rings. The Morgan fingerprint density at radius 2 is 1.90 bits per heavy atom. The molecular weight excluding hydrogens is 298 g/mol. The van der Waals surface area contributed by atoms with Crippen LogP contribution in [0.2, 0.25) is 5.02 Å². The first kappa shape index (κ1) is 15.4. The van der Waals surface area contributed by atoms with Gasteiger partial charge in [0.1, 0.15) is 11.6 Å². The summed E-state index contributed by atoms with van der Waals surface area (Å²) in [4.78, 5) is 0. The van der Waals surface area contributed by atoms with Crippen LogP contribution in [-0.4, -0.2) is 6.10 Å². The van der Waals surface area contributed by atoms with Gasteiger partial charge in [0.15, 0.2) is 5.82 Å². The lowest BCUT2D eigenvalue weighted by atomic mass is 10.2. The number of halogens is 3. The molecule has 6 heteroatoms. The van der Waals surface area contributed by atoms with Crippen molar-refractivity contribution in [3.8, 4) is 5.75 Å². The standard InChI is InChI=1S/C15H15ClF2N2O/c1-8(2)21-14-7-10(3-4-13(14)19)20-15-11(16)5-9(17)6-12(15)18/h3-8,20H,19H2,1-2H3. The highest BCUT2D eigenvalue weighted by molar-refractivity contribution is 6.33. The molecule has 21 heavy (non-hydrogen) atoms. The van der Waals surface area contributed by atoms with E-state index >= 15 is 0 Å². The van der Waals surface area contributed by atoms with Crippen LogP contribution in [0, 0.1) is 11.6 Å². The normalized spacial score (nSPS) is 10.8. The summed E-state index contributed by atoms with van der Waals surface area (Å²) < 4.78 is 32.3. The second-order valence-corrected chi connectivity index (χ2v) is 5.20. The van der Waals surface area contributed by atoms with Gasteiger partial charge in [0.05, 0.1) is 22.5 Å². The fourth-order valence-corrected chi connectivity index (χ4v) is 2.02. The van der Waals surface area contributed by atoms with Gasteiger partial charge in [-0.1, -0.05) is 11.6 Å². The van der Waals surface area contributed by atoms with Gasteiger partial charge in [-0.25, -0.2) is 8.78 Å². The van der Waals surface area contributed by atoms with E-state index in [2.05, 4.69) is 5.32 Å². The Morgan fingerprint density at radius 3 is 2.52 bits per heavy atom. The molecule has 0 heterocycles. The van der Waals surface area contributed by atoms with E-state index < -0.39 is 11.6 Å². The van der Waals surface area contributed by atoms with Crippen molar-refractivity contribution in [2.75, 3.05) is 11.1 Å². The molecule has 0 aliphatic carbocycles. The number of rotatable bonds is 4. The summed E-state index contributed by atoms with van der Waals surface area (Å²) in [5.41, 5.74) is 6.81. The van der Waals surface area contributed by atoms with Crippen molar-refractivity contribution in [1.82, 2.24) is 0 Å². The lowest BCUT2D eigenvalue weighted by Gasteiger charge is -2.15. The van der Waals surface area contributed by atoms with E-state index in [0.29, 0.717) is 17.1 Å². The number of benzene rings is 2. The Balaban J connectivity index is 2.32. The lowest BCUT2D eigenvalue weighted by Crippen LogP contribution is -2.07. The van der Waals surface area contributed by atoms with E-state index in [4.69, 9.17) is 22.1 Å². The van der Waals surface area contributed by atoms with E-state index in [0.717, 1.165) is 12.1 Å². The molecule has 3 nitrogen and oxygen atoms in total. The van der Waals surface area contributed by atoms with Crippen LogP contribution in [0.4, 0.5) is 25.8 Å². The van der Waals surface area contributed by atoms with Crippen molar-refractivity contribution in [3.63, 3.8) is 0 Å². The third-order valence-corrected chi connectivity index (χ3v) is 2.95. The molecule has 0 saturated heterocycles. The first-order chi connectivity index (χ1) is 9.86. The van der Waals surface area contributed by atoms with E-state index in [-0.39, 0.29) is 16.8 Å². The Kier molecular flexibility index (Phi) is 4.53. The zero-order valence-corrected chi connectivity index (χ0v) is 12.3. The molecule has 0 amide bonds. The average molecular weight is 313 g/mol. The lowest BCUT2D eigenvalue weighted by molar-refractivity contribution is 0.244. The molecule has 0 atom stereocenters. The monoisotopic (exact) mass is 312 g/mol. The van der Waals surface area contributed by atoms with Crippen LogP contribution in [0.5, 0.6) is 5.75 Å². The molecule has 0 spiro atoms. The molecule has 2 rings (SSSR count). The minimum atomic E-state index is -0.775. The number of nitrogen functional groups attached to an aromatic ring is 1. The first-order valence-corrected chi connectivity index (χ1v) is 6.72. The van der Waals surface area contributed by atoms with Gasteiger partial charge in [0, 0.05) is 17.8 Å². The van der Waals surface area contributed by atoms with Crippen LogP contribution in [0.15, 0.2) is 30.3 Å². The van der Waals surface area contributed by atoms with Crippen LogP contribution in [-0.2, 0) is 0 Å². The summed E-state index contributed by atoms with van der Waals surface area (Å²) >= 11 is 5.84. The van der Waals surface area contributed by atoms with Crippen molar-refractivity contribution in [2.24, 2.45) is 0 Å². The molecule has 0 aromatic heterocycles. The van der Waals surface area contributed by atoms with E-state index in [9.17, 15) is 8.78 Å². The second kappa shape index (κ2) is 6.18. The molecule has 0 unspecified atom stereocenters. The van der Waals surface area contributed by atoms with E-state index in [1.54, 1.807) is 18.2 Å². The summed E-state index contributed by atoms with van der Waals surface area (Å²) in [6, 6.07) is 6.72. The third kappa shape index (κ3) is 3.76. The van der Waals surface area contributed by atoms with Crippen LogP contribution in [0.1, 0.15) is 13.8 Å². The van der Waals surface area contributed by atoms with Gasteiger partial charge in [-0.15, -0.1) is 0 Å². The molecule has 0 radical (unpaired) electrons. The van der Waals surface area contributed by atoms with Crippen molar-refractivity contribution >= 4 is 28.7 Å². The predicted molar refractivity (Wildman–Crippen MR) is 81.3 cm³/mol. The third-order valence-electron chi connectivity index (χ3n) is 2.65. The van der Waals surface area contributed by atoms with Crippen molar-refractivity contribution in [2.45, 2.75) is 20.0 Å². The molecular formula is C15H15ClF2N2O. The van der Waals surface area contributed by atoms with Crippen LogP contribution in [0.3, 0.4) is 0 Å². The van der Waals surface area contributed by atoms with Gasteiger partial charge in [0.25, 0.3) is 0 Å². The fourth-order valence-electron chi connectivity index (χ4n) is 1.77. The number of nitrogens with one attached hydrogen (secondary N) is 1. The number of ether oxygens (including phenoxy) is 1. The predicted octanol–water partition coefficient (Wildman–Crippen LogP) is 4.73. The Bertz CT molecular complexity index is 639. The van der Waals surface area contributed by atoms with E-state index in [1.165, 1.54) is 0 Å². The molecule has 3 N–H and O–H groups in total. The van der Waals surface area contributed by atoms with Gasteiger partial charge in [-0.05, 0) is 32.0 Å². The maximum Gasteiger partial charge on any atom is 0.151 e. The van der Waals surface area contributed by atoms with Gasteiger partial charge in [-0.3, -0.25) is 0 Å². The second-order valence-electron chi connectivity index (χ2n) is 4.79. The Hall–Kier alpha value is -2.01. The maximum atomic E-state index is 13.7. The number of hydrogen-bond acceptors (Lipinski definition) is 3. The highest BCUT2D eigenvalue weighted by Gasteiger charge is 2.11. The molecule has 2 aromatic carbocycles. The van der Waals surface area contributed by atoms with Gasteiger partial charge in [-0.2, -0.15) is 0 Å². The smallest absolute Gasteiger partial charge is 0.151 e. The first-order valence-electron chi connectivity index (χ1n) is 6.34.